The number of aliphatic hydroxyl groups excluding tert-OH is 1. The van der Waals surface area contributed by atoms with Crippen molar-refractivity contribution in [3.05, 3.63) is 42.1 Å². The van der Waals surface area contributed by atoms with Crippen LogP contribution in [0.1, 0.15) is 37.7 Å². The van der Waals surface area contributed by atoms with E-state index in [-0.39, 0.29) is 6.10 Å². The fraction of sp³-hybridized carbons (Fsp3) is 0.550. The normalized spacial score (nSPS) is 26.8. The lowest BCUT2D eigenvalue weighted by Gasteiger charge is -2.30. The Morgan fingerprint density at radius 2 is 1.87 bits per heavy atom. The van der Waals surface area contributed by atoms with Crippen molar-refractivity contribution >= 4 is 10.9 Å². The molecule has 2 aromatic rings. The fourth-order valence-electron chi connectivity index (χ4n) is 4.45. The zero-order valence-corrected chi connectivity index (χ0v) is 13.7. The first kappa shape index (κ1) is 15.1. The Kier molecular flexibility index (Phi) is 4.32. The molecule has 2 aliphatic rings. The maximum absolute atomic E-state index is 10.6. The number of benzene rings is 1. The molecule has 1 saturated heterocycles. The summed E-state index contributed by atoms with van der Waals surface area (Å²) in [6.45, 7) is 1.90. The second-order valence-electron chi connectivity index (χ2n) is 7.26. The van der Waals surface area contributed by atoms with Gasteiger partial charge in [-0.3, -0.25) is 9.88 Å². The molecule has 122 valence electrons. The van der Waals surface area contributed by atoms with Crippen LogP contribution in [0.2, 0.25) is 0 Å². The number of likely N-dealkylation sites (tertiary alicyclic amines) is 1. The topological polar surface area (TPSA) is 36.4 Å². The maximum atomic E-state index is 10.6. The summed E-state index contributed by atoms with van der Waals surface area (Å²) in [5, 5.41) is 11.8. The molecule has 0 amide bonds. The van der Waals surface area contributed by atoms with Gasteiger partial charge in [0.2, 0.25) is 0 Å². The van der Waals surface area contributed by atoms with Crippen molar-refractivity contribution < 1.29 is 5.11 Å². The molecular formula is C20H26N2O. The first-order valence-electron chi connectivity index (χ1n) is 9.06. The molecule has 1 saturated carbocycles. The summed E-state index contributed by atoms with van der Waals surface area (Å²) in [5.41, 5.74) is 2.38. The molecule has 3 heteroatoms. The number of rotatable bonds is 3. The molecule has 2 heterocycles. The average molecular weight is 310 g/mol. The van der Waals surface area contributed by atoms with E-state index in [2.05, 4.69) is 34.1 Å². The molecule has 1 N–H and O–H groups in total. The number of fused-ring (bicyclic) bond motifs is 1. The largest absolute Gasteiger partial charge is 0.391 e. The summed E-state index contributed by atoms with van der Waals surface area (Å²) in [7, 11) is 0. The quantitative estimate of drug-likeness (QED) is 0.944. The molecule has 0 unspecified atom stereocenters. The van der Waals surface area contributed by atoms with Crippen molar-refractivity contribution in [2.75, 3.05) is 13.1 Å². The van der Waals surface area contributed by atoms with Gasteiger partial charge in [0.1, 0.15) is 0 Å². The van der Waals surface area contributed by atoms with Crippen molar-refractivity contribution in [2.45, 2.75) is 50.7 Å². The van der Waals surface area contributed by atoms with E-state index >= 15 is 0 Å². The fourth-order valence-corrected chi connectivity index (χ4v) is 4.45. The lowest BCUT2D eigenvalue weighted by molar-refractivity contribution is 0.129. The van der Waals surface area contributed by atoms with Crippen LogP contribution in [0.5, 0.6) is 0 Å². The number of hydrogen-bond acceptors (Lipinski definition) is 3. The first-order valence-corrected chi connectivity index (χ1v) is 9.06. The zero-order chi connectivity index (χ0) is 15.6. The van der Waals surface area contributed by atoms with Crippen LogP contribution in [-0.4, -0.2) is 40.2 Å². The molecule has 0 spiro atoms. The Balaban J connectivity index is 1.50. The highest BCUT2D eigenvalue weighted by atomic mass is 16.3. The SMILES string of the molecule is O[C@@H]1CN(C2CCCCC2)C[C@H]1Cc1ccnc2ccccc12. The highest BCUT2D eigenvalue weighted by Gasteiger charge is 2.35. The summed E-state index contributed by atoms with van der Waals surface area (Å²) in [4.78, 5) is 7.00. The molecule has 2 fully saturated rings. The van der Waals surface area contributed by atoms with E-state index in [1.807, 2.05) is 12.3 Å². The number of nitrogens with zero attached hydrogens (tertiary/aromatic N) is 2. The molecule has 4 rings (SSSR count). The van der Waals surface area contributed by atoms with E-state index in [0.717, 1.165) is 25.0 Å². The van der Waals surface area contributed by atoms with Crippen molar-refractivity contribution in [2.24, 2.45) is 5.92 Å². The molecule has 0 bridgehead atoms. The van der Waals surface area contributed by atoms with Crippen LogP contribution >= 0.6 is 0 Å². The van der Waals surface area contributed by atoms with Gasteiger partial charge in [-0.1, -0.05) is 37.5 Å². The average Bonchev–Trinajstić information content (AvgIpc) is 2.97. The van der Waals surface area contributed by atoms with E-state index in [4.69, 9.17) is 0 Å². The van der Waals surface area contributed by atoms with Crippen LogP contribution in [0.3, 0.4) is 0 Å². The van der Waals surface area contributed by atoms with Crippen LogP contribution in [-0.2, 0) is 6.42 Å². The van der Waals surface area contributed by atoms with Crippen LogP contribution in [0, 0.1) is 5.92 Å². The number of aliphatic hydroxyl groups is 1. The smallest absolute Gasteiger partial charge is 0.0710 e. The van der Waals surface area contributed by atoms with Crippen molar-refractivity contribution in [3.63, 3.8) is 0 Å². The van der Waals surface area contributed by atoms with Gasteiger partial charge >= 0.3 is 0 Å². The van der Waals surface area contributed by atoms with Crippen LogP contribution < -0.4 is 0 Å². The van der Waals surface area contributed by atoms with Gasteiger partial charge in [-0.25, -0.2) is 0 Å². The Morgan fingerprint density at radius 1 is 1.04 bits per heavy atom. The molecule has 3 nitrogen and oxygen atoms in total. The summed E-state index contributed by atoms with van der Waals surface area (Å²) >= 11 is 0. The highest BCUT2D eigenvalue weighted by Crippen LogP contribution is 2.30. The molecule has 1 aliphatic carbocycles. The lowest BCUT2D eigenvalue weighted by atomic mass is 9.93. The Hall–Kier alpha value is -1.45. The van der Waals surface area contributed by atoms with Gasteiger partial charge in [-0.2, -0.15) is 0 Å². The third-order valence-electron chi connectivity index (χ3n) is 5.75. The molecule has 1 aromatic carbocycles. The van der Waals surface area contributed by atoms with Crippen LogP contribution in [0.15, 0.2) is 36.5 Å². The monoisotopic (exact) mass is 310 g/mol. The zero-order valence-electron chi connectivity index (χ0n) is 13.7. The molecule has 2 atom stereocenters. The van der Waals surface area contributed by atoms with Gasteiger partial charge in [-0.15, -0.1) is 0 Å². The summed E-state index contributed by atoms with van der Waals surface area (Å²) < 4.78 is 0. The van der Waals surface area contributed by atoms with Crippen LogP contribution in [0.4, 0.5) is 0 Å². The van der Waals surface area contributed by atoms with E-state index in [1.165, 1.54) is 43.1 Å². The predicted molar refractivity (Wildman–Crippen MR) is 93.4 cm³/mol. The van der Waals surface area contributed by atoms with Crippen LogP contribution in [0.25, 0.3) is 10.9 Å². The minimum atomic E-state index is -0.191. The minimum Gasteiger partial charge on any atom is -0.391 e. The Morgan fingerprint density at radius 3 is 2.74 bits per heavy atom. The van der Waals surface area contributed by atoms with Gasteiger partial charge in [0.15, 0.2) is 0 Å². The van der Waals surface area contributed by atoms with Crippen molar-refractivity contribution in [3.8, 4) is 0 Å². The maximum Gasteiger partial charge on any atom is 0.0710 e. The second-order valence-corrected chi connectivity index (χ2v) is 7.26. The number of pyridine rings is 1. The minimum absolute atomic E-state index is 0.191. The summed E-state index contributed by atoms with van der Waals surface area (Å²) in [6.07, 6.45) is 9.40. The van der Waals surface area contributed by atoms with E-state index in [0.29, 0.717) is 12.0 Å². The molecule has 23 heavy (non-hydrogen) atoms. The van der Waals surface area contributed by atoms with Gasteiger partial charge in [0.25, 0.3) is 0 Å². The number of hydrogen-bond donors (Lipinski definition) is 1. The Bertz CT molecular complexity index is 660. The molecule has 1 aromatic heterocycles. The standard InChI is InChI=1S/C20H26N2O/c23-20-14-22(17-6-2-1-3-7-17)13-16(20)12-15-10-11-21-19-9-5-4-8-18(15)19/h4-5,8-11,16-17,20,23H,1-3,6-7,12-14H2/t16-,20-/m1/s1. The van der Waals surface area contributed by atoms with E-state index < -0.39 is 0 Å². The first-order chi connectivity index (χ1) is 11.3. The van der Waals surface area contributed by atoms with E-state index in [9.17, 15) is 5.11 Å². The van der Waals surface area contributed by atoms with Gasteiger partial charge < -0.3 is 5.11 Å². The highest BCUT2D eigenvalue weighted by molar-refractivity contribution is 5.81. The summed E-state index contributed by atoms with van der Waals surface area (Å²) in [6, 6.07) is 11.2. The third-order valence-corrected chi connectivity index (χ3v) is 5.75. The molecule has 0 radical (unpaired) electrons. The lowest BCUT2D eigenvalue weighted by Crippen LogP contribution is -2.35. The Labute approximate surface area is 138 Å². The summed E-state index contributed by atoms with van der Waals surface area (Å²) in [5.74, 6) is 0.350. The predicted octanol–water partition coefficient (Wildman–Crippen LogP) is 3.40. The number of para-hydroxylation sites is 1. The number of aromatic nitrogens is 1. The van der Waals surface area contributed by atoms with Gasteiger partial charge in [0, 0.05) is 36.6 Å². The van der Waals surface area contributed by atoms with Crippen molar-refractivity contribution in [1.82, 2.24) is 9.88 Å². The van der Waals surface area contributed by atoms with Gasteiger partial charge in [0.05, 0.1) is 11.6 Å². The number of β-amino-alcohol motifs (C(OH)–C–C–N with tert-alkyl or cyclic N) is 1. The second kappa shape index (κ2) is 6.58. The molecule has 1 aliphatic heterocycles. The van der Waals surface area contributed by atoms with Crippen molar-refractivity contribution in [1.29, 1.82) is 0 Å². The molecular weight excluding hydrogens is 284 g/mol. The van der Waals surface area contributed by atoms with E-state index in [1.54, 1.807) is 0 Å². The van der Waals surface area contributed by atoms with Gasteiger partial charge in [-0.05, 0) is 37.0 Å². The third kappa shape index (κ3) is 3.13.